The number of ether oxygens (including phenoxy) is 1. The van der Waals surface area contributed by atoms with Crippen LogP contribution in [0.4, 0.5) is 0 Å². The molecule has 17 heavy (non-hydrogen) atoms. The highest BCUT2D eigenvalue weighted by Gasteiger charge is 2.63. The van der Waals surface area contributed by atoms with Crippen LogP contribution in [0.25, 0.3) is 0 Å². The van der Waals surface area contributed by atoms with E-state index in [9.17, 15) is 4.79 Å². The van der Waals surface area contributed by atoms with Crippen molar-refractivity contribution >= 4 is 5.97 Å². The van der Waals surface area contributed by atoms with Crippen LogP contribution in [0.15, 0.2) is 12.2 Å². The molecule has 3 rings (SSSR count). The maximum atomic E-state index is 11.8. The van der Waals surface area contributed by atoms with Crippen LogP contribution in [-0.2, 0) is 9.53 Å². The van der Waals surface area contributed by atoms with Crippen LogP contribution in [0.1, 0.15) is 47.5 Å². The molecule has 4 atom stereocenters. The van der Waals surface area contributed by atoms with Crippen LogP contribution >= 0.6 is 0 Å². The van der Waals surface area contributed by atoms with Crippen molar-refractivity contribution in [1.29, 1.82) is 0 Å². The lowest BCUT2D eigenvalue weighted by atomic mass is 9.42. The lowest BCUT2D eigenvalue weighted by molar-refractivity contribution is -0.236. The summed E-state index contributed by atoms with van der Waals surface area (Å²) in [4.78, 5) is 11.8. The highest BCUT2D eigenvalue weighted by atomic mass is 16.6. The highest BCUT2D eigenvalue weighted by Crippen LogP contribution is 2.65. The number of carbonyl (C=O) groups excluding carboxylic acids is 1. The molecule has 3 aliphatic carbocycles. The van der Waals surface area contributed by atoms with Gasteiger partial charge in [0.15, 0.2) is 0 Å². The predicted octanol–water partition coefficient (Wildman–Crippen LogP) is 3.57. The summed E-state index contributed by atoms with van der Waals surface area (Å²) < 4.78 is 5.80. The molecule has 2 nitrogen and oxygen atoms in total. The third-order valence-electron chi connectivity index (χ3n) is 5.44. The Balaban J connectivity index is 2.22. The third kappa shape index (κ3) is 1.64. The summed E-state index contributed by atoms with van der Waals surface area (Å²) in [6.45, 7) is 14.3. The van der Waals surface area contributed by atoms with Crippen molar-refractivity contribution < 1.29 is 9.53 Å². The minimum atomic E-state index is -0.311. The molecular weight excluding hydrogens is 212 g/mol. The van der Waals surface area contributed by atoms with Gasteiger partial charge in [0.1, 0.15) is 5.60 Å². The fraction of sp³-hybridized carbons (Fsp3) is 0.800. The van der Waals surface area contributed by atoms with Crippen molar-refractivity contribution in [1.82, 2.24) is 0 Å². The van der Waals surface area contributed by atoms with Gasteiger partial charge in [0.05, 0.1) is 0 Å². The summed E-state index contributed by atoms with van der Waals surface area (Å²) in [5.41, 5.74) is 0.503. The highest BCUT2D eigenvalue weighted by molar-refractivity contribution is 5.87. The standard InChI is InChI=1S/C15H24O2/c1-9(2)13(16)17-15(6)10(3)7-11-8-12(15)14(11,4)5/h10-12H,1,7-8H2,2-6H3/t10-,11?,12?,15+/m0/s1. The Kier molecular flexibility index (Phi) is 2.68. The van der Waals surface area contributed by atoms with E-state index in [1.165, 1.54) is 12.8 Å². The van der Waals surface area contributed by atoms with Gasteiger partial charge in [0.25, 0.3) is 0 Å². The Hall–Kier alpha value is -0.790. The molecule has 3 fully saturated rings. The zero-order valence-corrected chi connectivity index (χ0v) is 11.7. The maximum absolute atomic E-state index is 11.8. The first-order valence-electron chi connectivity index (χ1n) is 6.58. The molecule has 0 aromatic rings. The molecular formula is C15H24O2. The summed E-state index contributed by atoms with van der Waals surface area (Å²) >= 11 is 0. The summed E-state index contributed by atoms with van der Waals surface area (Å²) in [5, 5.41) is 0. The molecule has 0 N–H and O–H groups in total. The molecule has 96 valence electrons. The molecule has 0 aliphatic heterocycles. The van der Waals surface area contributed by atoms with E-state index in [1.54, 1.807) is 6.92 Å². The van der Waals surface area contributed by atoms with Gasteiger partial charge in [0, 0.05) is 11.5 Å². The first kappa shape index (κ1) is 12.7. The van der Waals surface area contributed by atoms with Crippen LogP contribution in [0, 0.1) is 23.2 Å². The van der Waals surface area contributed by atoms with Gasteiger partial charge in [-0.3, -0.25) is 0 Å². The van der Waals surface area contributed by atoms with Crippen LogP contribution < -0.4 is 0 Å². The molecule has 2 unspecified atom stereocenters. The number of hydrogen-bond acceptors (Lipinski definition) is 2. The molecule has 0 heterocycles. The van der Waals surface area contributed by atoms with Crippen molar-refractivity contribution in [3.63, 3.8) is 0 Å². The number of rotatable bonds is 2. The second-order valence-corrected chi connectivity index (χ2v) is 6.80. The fourth-order valence-electron chi connectivity index (χ4n) is 3.85. The minimum Gasteiger partial charge on any atom is -0.455 e. The predicted molar refractivity (Wildman–Crippen MR) is 68.5 cm³/mol. The van der Waals surface area contributed by atoms with Crippen molar-refractivity contribution in [2.45, 2.75) is 53.1 Å². The lowest BCUT2D eigenvalue weighted by Gasteiger charge is -2.65. The Morgan fingerprint density at radius 1 is 1.29 bits per heavy atom. The van der Waals surface area contributed by atoms with Crippen LogP contribution in [0.2, 0.25) is 0 Å². The molecule has 3 aliphatic rings. The molecule has 2 heteroatoms. The third-order valence-corrected chi connectivity index (χ3v) is 5.44. The Morgan fingerprint density at radius 3 is 2.35 bits per heavy atom. The second kappa shape index (κ2) is 3.60. The van der Waals surface area contributed by atoms with Crippen LogP contribution in [0.3, 0.4) is 0 Å². The van der Waals surface area contributed by atoms with E-state index in [-0.39, 0.29) is 11.6 Å². The molecule has 2 bridgehead atoms. The van der Waals surface area contributed by atoms with Gasteiger partial charge < -0.3 is 4.74 Å². The summed E-state index contributed by atoms with van der Waals surface area (Å²) in [6, 6.07) is 0. The van der Waals surface area contributed by atoms with E-state index in [4.69, 9.17) is 4.74 Å². The van der Waals surface area contributed by atoms with Crippen LogP contribution in [0.5, 0.6) is 0 Å². The van der Waals surface area contributed by atoms with Gasteiger partial charge in [-0.25, -0.2) is 4.79 Å². The Labute approximate surface area is 104 Å². The molecule has 0 saturated heterocycles. The summed E-state index contributed by atoms with van der Waals surface area (Å²) in [7, 11) is 0. The monoisotopic (exact) mass is 236 g/mol. The first-order valence-corrected chi connectivity index (χ1v) is 6.58. The van der Waals surface area contributed by atoms with E-state index in [1.807, 2.05) is 0 Å². The van der Waals surface area contributed by atoms with Gasteiger partial charge in [0.2, 0.25) is 0 Å². The zero-order valence-electron chi connectivity index (χ0n) is 11.7. The molecule has 0 radical (unpaired) electrons. The van der Waals surface area contributed by atoms with Crippen molar-refractivity contribution in [2.75, 3.05) is 0 Å². The van der Waals surface area contributed by atoms with E-state index < -0.39 is 0 Å². The lowest BCUT2D eigenvalue weighted by Crippen LogP contribution is -2.65. The van der Waals surface area contributed by atoms with Gasteiger partial charge in [-0.05, 0) is 43.9 Å². The minimum absolute atomic E-state index is 0.236. The number of fused-ring (bicyclic) bond motifs is 2. The van der Waals surface area contributed by atoms with Crippen LogP contribution in [-0.4, -0.2) is 11.6 Å². The topological polar surface area (TPSA) is 26.3 Å². The molecule has 3 saturated carbocycles. The number of hydrogen-bond donors (Lipinski definition) is 0. The number of esters is 1. The van der Waals surface area contributed by atoms with Gasteiger partial charge >= 0.3 is 5.97 Å². The molecule has 0 aromatic carbocycles. The largest absolute Gasteiger partial charge is 0.455 e. The molecule has 0 amide bonds. The summed E-state index contributed by atoms with van der Waals surface area (Å²) in [6.07, 6.45) is 2.38. The smallest absolute Gasteiger partial charge is 0.333 e. The maximum Gasteiger partial charge on any atom is 0.333 e. The summed E-state index contributed by atoms with van der Waals surface area (Å²) in [5.74, 6) is 1.51. The van der Waals surface area contributed by atoms with Gasteiger partial charge in [-0.15, -0.1) is 0 Å². The van der Waals surface area contributed by atoms with Gasteiger partial charge in [-0.2, -0.15) is 0 Å². The molecule has 0 aromatic heterocycles. The van der Waals surface area contributed by atoms with Crippen molar-refractivity contribution in [3.05, 3.63) is 12.2 Å². The molecule has 0 spiro atoms. The van der Waals surface area contributed by atoms with E-state index in [2.05, 4.69) is 34.3 Å². The second-order valence-electron chi connectivity index (χ2n) is 6.80. The number of carbonyl (C=O) groups is 1. The van der Waals surface area contributed by atoms with E-state index in [0.717, 1.165) is 5.92 Å². The fourth-order valence-corrected chi connectivity index (χ4v) is 3.85. The Morgan fingerprint density at radius 2 is 1.88 bits per heavy atom. The quantitative estimate of drug-likeness (QED) is 0.541. The normalized spacial score (nSPS) is 42.5. The first-order chi connectivity index (χ1) is 7.69. The van der Waals surface area contributed by atoms with E-state index >= 15 is 0 Å². The average Bonchev–Trinajstić information content (AvgIpc) is 2.21. The van der Waals surface area contributed by atoms with Gasteiger partial charge in [-0.1, -0.05) is 27.4 Å². The van der Waals surface area contributed by atoms with Crippen molar-refractivity contribution in [3.8, 4) is 0 Å². The van der Waals surface area contributed by atoms with Crippen molar-refractivity contribution in [2.24, 2.45) is 23.2 Å². The van der Waals surface area contributed by atoms with E-state index in [0.29, 0.717) is 22.8 Å². The Bertz CT molecular complexity index is 369. The zero-order chi connectivity index (χ0) is 13.0. The SMILES string of the molecule is C=C(C)C(=O)O[C@@]1(C)C2CC(C[C@@H]1C)C2(C)C. The average molecular weight is 236 g/mol.